The molecule has 104 valence electrons. The van der Waals surface area contributed by atoms with Crippen molar-refractivity contribution in [2.24, 2.45) is 0 Å². The zero-order valence-corrected chi connectivity index (χ0v) is 11.2. The van der Waals surface area contributed by atoms with Gasteiger partial charge in [-0.2, -0.15) is 0 Å². The summed E-state index contributed by atoms with van der Waals surface area (Å²) in [5.41, 5.74) is 0.477. The Morgan fingerprint density at radius 2 is 2.05 bits per heavy atom. The summed E-state index contributed by atoms with van der Waals surface area (Å²) in [5.74, 6) is 0.224. The third-order valence-corrected chi connectivity index (χ3v) is 3.18. The Balaban J connectivity index is 1.80. The summed E-state index contributed by atoms with van der Waals surface area (Å²) in [5, 5.41) is 3.29. The zero-order chi connectivity index (χ0) is 13.5. The van der Waals surface area contributed by atoms with Crippen LogP contribution in [0.2, 0.25) is 0 Å². The van der Waals surface area contributed by atoms with Gasteiger partial charge < -0.3 is 14.8 Å². The normalized spacial score (nSPS) is 16.1. The number of piperazine rings is 1. The van der Waals surface area contributed by atoms with E-state index in [9.17, 15) is 4.79 Å². The topological polar surface area (TPSA) is 50.8 Å². The molecule has 0 radical (unpaired) electrons. The second-order valence-electron chi connectivity index (χ2n) is 4.43. The van der Waals surface area contributed by atoms with E-state index in [1.165, 1.54) is 0 Å². The number of esters is 1. The largest absolute Gasteiger partial charge is 0.496 e. The monoisotopic (exact) mass is 264 g/mol. The van der Waals surface area contributed by atoms with E-state index in [4.69, 9.17) is 9.47 Å². The van der Waals surface area contributed by atoms with Gasteiger partial charge in [0.1, 0.15) is 17.9 Å². The lowest BCUT2D eigenvalue weighted by Gasteiger charge is -2.26. The van der Waals surface area contributed by atoms with E-state index in [1.54, 1.807) is 25.3 Å². The fourth-order valence-electron chi connectivity index (χ4n) is 2.09. The Bertz CT molecular complexity index is 417. The lowest BCUT2D eigenvalue weighted by Crippen LogP contribution is -2.44. The highest BCUT2D eigenvalue weighted by Gasteiger charge is 2.14. The quantitative estimate of drug-likeness (QED) is 0.796. The van der Waals surface area contributed by atoms with Gasteiger partial charge in [-0.3, -0.25) is 4.90 Å². The predicted octanol–water partition coefficient (Wildman–Crippen LogP) is 0.757. The number of benzene rings is 1. The van der Waals surface area contributed by atoms with Crippen molar-refractivity contribution in [2.75, 3.05) is 46.4 Å². The summed E-state index contributed by atoms with van der Waals surface area (Å²) in [4.78, 5) is 14.2. The zero-order valence-electron chi connectivity index (χ0n) is 11.2. The molecule has 1 heterocycles. The summed E-state index contributed by atoms with van der Waals surface area (Å²) < 4.78 is 10.4. The van der Waals surface area contributed by atoms with Crippen molar-refractivity contribution in [1.29, 1.82) is 0 Å². The van der Waals surface area contributed by atoms with Crippen LogP contribution in [0.5, 0.6) is 5.75 Å². The highest BCUT2D eigenvalue weighted by molar-refractivity contribution is 5.92. The summed E-state index contributed by atoms with van der Waals surface area (Å²) in [7, 11) is 1.55. The van der Waals surface area contributed by atoms with Gasteiger partial charge in [-0.05, 0) is 12.1 Å². The third-order valence-electron chi connectivity index (χ3n) is 3.18. The maximum Gasteiger partial charge on any atom is 0.341 e. The van der Waals surface area contributed by atoms with Gasteiger partial charge in [0.05, 0.1) is 7.11 Å². The van der Waals surface area contributed by atoms with Crippen LogP contribution in [0.4, 0.5) is 0 Å². The number of methoxy groups -OCH3 is 1. The van der Waals surface area contributed by atoms with Crippen molar-refractivity contribution in [3.63, 3.8) is 0 Å². The van der Waals surface area contributed by atoms with Crippen molar-refractivity contribution in [3.8, 4) is 5.75 Å². The van der Waals surface area contributed by atoms with Gasteiger partial charge >= 0.3 is 5.97 Å². The fourth-order valence-corrected chi connectivity index (χ4v) is 2.09. The van der Waals surface area contributed by atoms with E-state index < -0.39 is 0 Å². The van der Waals surface area contributed by atoms with Gasteiger partial charge in [0.25, 0.3) is 0 Å². The Morgan fingerprint density at radius 3 is 2.79 bits per heavy atom. The van der Waals surface area contributed by atoms with Gasteiger partial charge in [0, 0.05) is 32.7 Å². The highest BCUT2D eigenvalue weighted by atomic mass is 16.5. The molecule has 1 N–H and O–H groups in total. The molecule has 1 aromatic rings. The predicted molar refractivity (Wildman–Crippen MR) is 72.6 cm³/mol. The number of ether oxygens (including phenoxy) is 2. The van der Waals surface area contributed by atoms with Crippen LogP contribution in [0.1, 0.15) is 10.4 Å². The first kappa shape index (κ1) is 13.8. The van der Waals surface area contributed by atoms with Gasteiger partial charge in [0.2, 0.25) is 0 Å². The first-order chi connectivity index (χ1) is 9.31. The Morgan fingerprint density at radius 1 is 1.32 bits per heavy atom. The lowest BCUT2D eigenvalue weighted by atomic mass is 10.2. The van der Waals surface area contributed by atoms with E-state index in [0.717, 1.165) is 32.7 Å². The Hall–Kier alpha value is -1.59. The molecule has 5 nitrogen and oxygen atoms in total. The van der Waals surface area contributed by atoms with Crippen molar-refractivity contribution in [1.82, 2.24) is 10.2 Å². The summed E-state index contributed by atoms with van der Waals surface area (Å²) in [6, 6.07) is 7.10. The van der Waals surface area contributed by atoms with Crippen molar-refractivity contribution in [3.05, 3.63) is 29.8 Å². The average Bonchev–Trinajstić information content (AvgIpc) is 2.48. The van der Waals surface area contributed by atoms with E-state index >= 15 is 0 Å². The molecular formula is C14H20N2O3. The molecule has 0 aromatic heterocycles. The molecule has 0 spiro atoms. The number of rotatable bonds is 5. The molecule has 0 saturated carbocycles. The molecule has 1 fully saturated rings. The SMILES string of the molecule is COc1ccccc1C(=O)OCCN1CCNCC1. The number of nitrogens with one attached hydrogen (secondary N) is 1. The number of carbonyl (C=O) groups is 1. The number of hydrogen-bond acceptors (Lipinski definition) is 5. The Labute approximate surface area is 113 Å². The van der Waals surface area contributed by atoms with Gasteiger partial charge in [-0.1, -0.05) is 12.1 Å². The molecule has 0 unspecified atom stereocenters. The number of carbonyl (C=O) groups excluding carboxylic acids is 1. The molecule has 5 heteroatoms. The van der Waals surface area contributed by atoms with Crippen molar-refractivity contribution < 1.29 is 14.3 Å². The van der Waals surface area contributed by atoms with Crippen LogP contribution in [-0.4, -0.2) is 57.3 Å². The standard InChI is InChI=1S/C14H20N2O3/c1-18-13-5-3-2-4-12(13)14(17)19-11-10-16-8-6-15-7-9-16/h2-5,15H,6-11H2,1H3. The van der Waals surface area contributed by atoms with Crippen LogP contribution in [0.3, 0.4) is 0 Å². The second-order valence-corrected chi connectivity index (χ2v) is 4.43. The fraction of sp³-hybridized carbons (Fsp3) is 0.500. The molecule has 0 amide bonds. The Kier molecular flexibility index (Phi) is 5.18. The molecular weight excluding hydrogens is 244 g/mol. The van der Waals surface area contributed by atoms with Crippen LogP contribution in [-0.2, 0) is 4.74 Å². The number of nitrogens with zero attached hydrogens (tertiary/aromatic N) is 1. The molecule has 0 aliphatic carbocycles. The number of para-hydroxylation sites is 1. The van der Waals surface area contributed by atoms with Crippen LogP contribution >= 0.6 is 0 Å². The summed E-state index contributed by atoms with van der Waals surface area (Å²) in [6.45, 7) is 5.21. The van der Waals surface area contributed by atoms with E-state index in [2.05, 4.69) is 10.2 Å². The minimum Gasteiger partial charge on any atom is -0.496 e. The summed E-state index contributed by atoms with van der Waals surface area (Å²) >= 11 is 0. The summed E-state index contributed by atoms with van der Waals surface area (Å²) in [6.07, 6.45) is 0. The minimum atomic E-state index is -0.326. The van der Waals surface area contributed by atoms with Crippen LogP contribution in [0.15, 0.2) is 24.3 Å². The van der Waals surface area contributed by atoms with E-state index in [1.807, 2.05) is 6.07 Å². The van der Waals surface area contributed by atoms with E-state index in [-0.39, 0.29) is 5.97 Å². The molecule has 0 atom stereocenters. The van der Waals surface area contributed by atoms with Crippen molar-refractivity contribution in [2.45, 2.75) is 0 Å². The second kappa shape index (κ2) is 7.11. The molecule has 2 rings (SSSR count). The van der Waals surface area contributed by atoms with Crippen LogP contribution < -0.4 is 10.1 Å². The lowest BCUT2D eigenvalue weighted by molar-refractivity contribution is 0.0452. The highest BCUT2D eigenvalue weighted by Crippen LogP contribution is 2.18. The smallest absolute Gasteiger partial charge is 0.341 e. The molecule has 1 saturated heterocycles. The molecule has 19 heavy (non-hydrogen) atoms. The van der Waals surface area contributed by atoms with Crippen LogP contribution in [0.25, 0.3) is 0 Å². The van der Waals surface area contributed by atoms with E-state index in [0.29, 0.717) is 17.9 Å². The first-order valence-corrected chi connectivity index (χ1v) is 6.54. The van der Waals surface area contributed by atoms with Crippen LogP contribution in [0, 0.1) is 0 Å². The number of hydrogen-bond donors (Lipinski definition) is 1. The third kappa shape index (κ3) is 3.94. The maximum atomic E-state index is 11.9. The molecule has 1 aliphatic heterocycles. The molecule has 1 aromatic carbocycles. The average molecular weight is 264 g/mol. The van der Waals surface area contributed by atoms with Gasteiger partial charge in [-0.25, -0.2) is 4.79 Å². The maximum absolute atomic E-state index is 11.9. The minimum absolute atomic E-state index is 0.326. The molecule has 0 bridgehead atoms. The molecule has 1 aliphatic rings. The van der Waals surface area contributed by atoms with Gasteiger partial charge in [0.15, 0.2) is 0 Å². The van der Waals surface area contributed by atoms with Crippen molar-refractivity contribution >= 4 is 5.97 Å². The first-order valence-electron chi connectivity index (χ1n) is 6.54. The van der Waals surface area contributed by atoms with Gasteiger partial charge in [-0.15, -0.1) is 0 Å².